The SMILES string of the molecule is CCNC(=NCCCN(C)CCOC)NCCc1ccccc1OC.I. The average Bonchev–Trinajstić information content (AvgIpc) is 2.63. The van der Waals surface area contributed by atoms with Crippen molar-refractivity contribution in [3.05, 3.63) is 29.8 Å². The molecule has 150 valence electrons. The van der Waals surface area contributed by atoms with Crippen molar-refractivity contribution in [2.45, 2.75) is 19.8 Å². The van der Waals surface area contributed by atoms with Gasteiger partial charge in [-0.15, -0.1) is 24.0 Å². The highest BCUT2D eigenvalue weighted by Crippen LogP contribution is 2.17. The number of halogens is 1. The molecule has 0 saturated heterocycles. The Labute approximate surface area is 175 Å². The Morgan fingerprint density at radius 3 is 2.62 bits per heavy atom. The number of nitrogens with one attached hydrogen (secondary N) is 2. The largest absolute Gasteiger partial charge is 0.496 e. The maximum Gasteiger partial charge on any atom is 0.191 e. The number of ether oxygens (including phenoxy) is 2. The number of hydrogen-bond donors (Lipinski definition) is 2. The highest BCUT2D eigenvalue weighted by atomic mass is 127. The maximum absolute atomic E-state index is 5.39. The first-order chi connectivity index (χ1) is 12.2. The third-order valence-corrected chi connectivity index (χ3v) is 3.87. The Morgan fingerprint density at radius 2 is 1.92 bits per heavy atom. The molecule has 0 amide bonds. The van der Waals surface area contributed by atoms with Crippen molar-refractivity contribution in [2.75, 3.05) is 60.6 Å². The number of methoxy groups -OCH3 is 2. The minimum absolute atomic E-state index is 0. The lowest BCUT2D eigenvalue weighted by Crippen LogP contribution is -2.38. The van der Waals surface area contributed by atoms with Crippen LogP contribution in [0.25, 0.3) is 0 Å². The van der Waals surface area contributed by atoms with Crippen molar-refractivity contribution in [3.63, 3.8) is 0 Å². The third-order valence-electron chi connectivity index (χ3n) is 3.87. The van der Waals surface area contributed by atoms with E-state index in [1.165, 1.54) is 5.56 Å². The number of likely N-dealkylation sites (N-methyl/N-ethyl adjacent to an activating group) is 1. The number of guanidine groups is 1. The predicted molar refractivity (Wildman–Crippen MR) is 120 cm³/mol. The van der Waals surface area contributed by atoms with E-state index in [1.54, 1.807) is 14.2 Å². The van der Waals surface area contributed by atoms with Crippen LogP contribution < -0.4 is 15.4 Å². The second-order valence-electron chi connectivity index (χ2n) is 5.90. The number of hydrogen-bond acceptors (Lipinski definition) is 4. The van der Waals surface area contributed by atoms with Gasteiger partial charge >= 0.3 is 0 Å². The summed E-state index contributed by atoms with van der Waals surface area (Å²) in [5.41, 5.74) is 1.20. The lowest BCUT2D eigenvalue weighted by Gasteiger charge is -2.15. The van der Waals surface area contributed by atoms with E-state index in [0.29, 0.717) is 0 Å². The molecule has 1 aromatic carbocycles. The molecule has 1 aromatic rings. The minimum Gasteiger partial charge on any atom is -0.496 e. The zero-order valence-electron chi connectivity index (χ0n) is 16.6. The van der Waals surface area contributed by atoms with E-state index >= 15 is 0 Å². The summed E-state index contributed by atoms with van der Waals surface area (Å²) in [4.78, 5) is 6.91. The van der Waals surface area contributed by atoms with E-state index in [2.05, 4.69) is 40.6 Å². The van der Waals surface area contributed by atoms with Crippen molar-refractivity contribution in [2.24, 2.45) is 4.99 Å². The fraction of sp³-hybridized carbons (Fsp3) is 0.632. The number of benzene rings is 1. The first kappa shape index (κ1) is 24.9. The van der Waals surface area contributed by atoms with E-state index in [9.17, 15) is 0 Å². The molecule has 0 unspecified atom stereocenters. The van der Waals surface area contributed by atoms with Crippen molar-refractivity contribution in [1.29, 1.82) is 0 Å². The number of rotatable bonds is 12. The van der Waals surface area contributed by atoms with Gasteiger partial charge in [-0.3, -0.25) is 4.99 Å². The second-order valence-corrected chi connectivity index (χ2v) is 5.90. The summed E-state index contributed by atoms with van der Waals surface area (Å²) in [6.45, 7) is 7.31. The van der Waals surface area contributed by atoms with Gasteiger partial charge in [0, 0.05) is 33.3 Å². The van der Waals surface area contributed by atoms with E-state index in [4.69, 9.17) is 9.47 Å². The zero-order valence-corrected chi connectivity index (χ0v) is 18.9. The highest BCUT2D eigenvalue weighted by molar-refractivity contribution is 14.0. The van der Waals surface area contributed by atoms with Crippen molar-refractivity contribution < 1.29 is 9.47 Å². The Hall–Kier alpha value is -1.06. The monoisotopic (exact) mass is 478 g/mol. The van der Waals surface area contributed by atoms with Gasteiger partial charge in [-0.25, -0.2) is 0 Å². The van der Waals surface area contributed by atoms with Crippen molar-refractivity contribution in [3.8, 4) is 5.75 Å². The average molecular weight is 478 g/mol. The quantitative estimate of drug-likeness (QED) is 0.209. The van der Waals surface area contributed by atoms with Crippen LogP contribution in [0.15, 0.2) is 29.3 Å². The fourth-order valence-electron chi connectivity index (χ4n) is 2.46. The summed E-state index contributed by atoms with van der Waals surface area (Å²) in [5, 5.41) is 6.69. The lowest BCUT2D eigenvalue weighted by atomic mass is 10.1. The fourth-order valence-corrected chi connectivity index (χ4v) is 2.46. The van der Waals surface area contributed by atoms with Gasteiger partial charge in [-0.1, -0.05) is 18.2 Å². The topological polar surface area (TPSA) is 58.1 Å². The Balaban J connectivity index is 0.00000625. The molecule has 0 aliphatic heterocycles. The summed E-state index contributed by atoms with van der Waals surface area (Å²) >= 11 is 0. The van der Waals surface area contributed by atoms with Gasteiger partial charge in [-0.2, -0.15) is 0 Å². The molecular weight excluding hydrogens is 443 g/mol. The van der Waals surface area contributed by atoms with Crippen molar-refractivity contribution >= 4 is 29.9 Å². The predicted octanol–water partition coefficient (Wildman–Crippen LogP) is 2.38. The third kappa shape index (κ3) is 10.8. The molecule has 0 aromatic heterocycles. The second kappa shape index (κ2) is 16.1. The summed E-state index contributed by atoms with van der Waals surface area (Å²) in [6.07, 6.45) is 1.93. The molecule has 0 fully saturated rings. The standard InChI is InChI=1S/C19H34N4O2.HI/c1-5-20-19(21-12-8-14-23(2)15-16-24-3)22-13-11-17-9-6-7-10-18(17)25-4;/h6-7,9-10H,5,8,11-16H2,1-4H3,(H2,20,21,22);1H. The molecular formula is C19H35IN4O2. The molecule has 2 N–H and O–H groups in total. The highest BCUT2D eigenvalue weighted by Gasteiger charge is 2.03. The Morgan fingerprint density at radius 1 is 1.15 bits per heavy atom. The molecule has 0 atom stereocenters. The molecule has 1 rings (SSSR count). The Bertz CT molecular complexity index is 500. The summed E-state index contributed by atoms with van der Waals surface area (Å²) in [5.74, 6) is 1.81. The van der Waals surface area contributed by atoms with Gasteiger partial charge in [0.25, 0.3) is 0 Å². The first-order valence-electron chi connectivity index (χ1n) is 9.02. The lowest BCUT2D eigenvalue weighted by molar-refractivity contribution is 0.161. The minimum atomic E-state index is 0. The summed E-state index contributed by atoms with van der Waals surface area (Å²) in [6, 6.07) is 8.12. The van der Waals surface area contributed by atoms with Crippen LogP contribution in [0.1, 0.15) is 18.9 Å². The van der Waals surface area contributed by atoms with E-state index in [1.807, 2.05) is 18.2 Å². The molecule has 7 heteroatoms. The molecule has 0 aliphatic rings. The number of aliphatic imine (C=N–C) groups is 1. The van der Waals surface area contributed by atoms with Crippen molar-refractivity contribution in [1.82, 2.24) is 15.5 Å². The molecule has 0 bridgehead atoms. The van der Waals surface area contributed by atoms with Gasteiger partial charge in [0.1, 0.15) is 5.75 Å². The van der Waals surface area contributed by atoms with Gasteiger partial charge < -0.3 is 25.0 Å². The zero-order chi connectivity index (χ0) is 18.3. The molecule has 0 aliphatic carbocycles. The molecule has 0 heterocycles. The Kier molecular flexibility index (Phi) is 15.5. The number of nitrogens with zero attached hydrogens (tertiary/aromatic N) is 2. The maximum atomic E-state index is 5.39. The smallest absolute Gasteiger partial charge is 0.191 e. The summed E-state index contributed by atoms with van der Waals surface area (Å²) < 4.78 is 10.5. The molecule has 26 heavy (non-hydrogen) atoms. The normalized spacial score (nSPS) is 11.2. The van der Waals surface area contributed by atoms with Crippen LogP contribution in [0.5, 0.6) is 5.75 Å². The van der Waals surface area contributed by atoms with Crippen LogP contribution in [0.4, 0.5) is 0 Å². The van der Waals surface area contributed by atoms with Gasteiger partial charge in [0.05, 0.1) is 13.7 Å². The molecule has 0 radical (unpaired) electrons. The van der Waals surface area contributed by atoms with E-state index < -0.39 is 0 Å². The van der Waals surface area contributed by atoms with Crippen LogP contribution in [-0.2, 0) is 11.2 Å². The first-order valence-corrected chi connectivity index (χ1v) is 9.02. The van der Waals surface area contributed by atoms with Gasteiger partial charge in [0.2, 0.25) is 0 Å². The molecule has 6 nitrogen and oxygen atoms in total. The van der Waals surface area contributed by atoms with Crippen LogP contribution in [0, 0.1) is 0 Å². The van der Waals surface area contributed by atoms with Crippen LogP contribution in [0.3, 0.4) is 0 Å². The van der Waals surface area contributed by atoms with Gasteiger partial charge in [-0.05, 0) is 45.0 Å². The van der Waals surface area contributed by atoms with E-state index in [-0.39, 0.29) is 24.0 Å². The number of para-hydroxylation sites is 1. The van der Waals surface area contributed by atoms with Crippen LogP contribution >= 0.6 is 24.0 Å². The van der Waals surface area contributed by atoms with Gasteiger partial charge in [0.15, 0.2) is 5.96 Å². The van der Waals surface area contributed by atoms with Crippen LogP contribution in [0.2, 0.25) is 0 Å². The van der Waals surface area contributed by atoms with E-state index in [0.717, 1.165) is 63.9 Å². The molecule has 0 spiro atoms. The summed E-state index contributed by atoms with van der Waals surface area (Å²) in [7, 11) is 5.55. The molecule has 0 saturated carbocycles. The van der Waals surface area contributed by atoms with Crippen LogP contribution in [-0.4, -0.2) is 71.5 Å².